The first kappa shape index (κ1) is 14.4. The molecule has 4 heteroatoms. The van der Waals surface area contributed by atoms with E-state index in [0.29, 0.717) is 23.7 Å². The number of hydrogen-bond acceptors (Lipinski definition) is 3. The van der Waals surface area contributed by atoms with Crippen molar-refractivity contribution in [2.75, 3.05) is 24.1 Å². The Morgan fingerprint density at radius 2 is 2.11 bits per heavy atom. The van der Waals surface area contributed by atoms with Gasteiger partial charge < -0.3 is 16.4 Å². The van der Waals surface area contributed by atoms with Gasteiger partial charge in [-0.05, 0) is 37.5 Å². The molecule has 1 amide bonds. The quantitative estimate of drug-likeness (QED) is 0.678. The van der Waals surface area contributed by atoms with Gasteiger partial charge in [0.1, 0.15) is 0 Å². The summed E-state index contributed by atoms with van der Waals surface area (Å²) in [5.41, 5.74) is 8.03. The highest BCUT2D eigenvalue weighted by atomic mass is 16.1. The molecule has 0 aromatic heterocycles. The van der Waals surface area contributed by atoms with Gasteiger partial charge in [-0.15, -0.1) is 0 Å². The maximum Gasteiger partial charge on any atom is 0.251 e. The first-order chi connectivity index (χ1) is 8.54. The molecule has 0 saturated carbocycles. The Balaban J connectivity index is 2.71. The number of nitrogens with one attached hydrogen (secondary N) is 2. The first-order valence-electron chi connectivity index (χ1n) is 6.46. The first-order valence-corrected chi connectivity index (χ1v) is 6.46. The van der Waals surface area contributed by atoms with Gasteiger partial charge in [0.05, 0.1) is 11.4 Å². The number of anilines is 2. The SMILES string of the molecule is CCNC(=O)c1ccc(N)c(NCCC(C)C)c1. The predicted octanol–water partition coefficient (Wildman–Crippen LogP) is 2.48. The Bertz CT molecular complexity index is 402. The van der Waals surface area contributed by atoms with Crippen LogP contribution in [0, 0.1) is 5.92 Å². The molecule has 0 aliphatic heterocycles. The number of nitrogen functional groups attached to an aromatic ring is 1. The van der Waals surface area contributed by atoms with Crippen LogP contribution in [0.5, 0.6) is 0 Å². The smallest absolute Gasteiger partial charge is 0.251 e. The third kappa shape index (κ3) is 4.28. The molecule has 0 atom stereocenters. The summed E-state index contributed by atoms with van der Waals surface area (Å²) in [6.45, 7) is 7.74. The summed E-state index contributed by atoms with van der Waals surface area (Å²) in [5.74, 6) is 0.578. The minimum Gasteiger partial charge on any atom is -0.397 e. The number of carbonyl (C=O) groups is 1. The predicted molar refractivity (Wildman–Crippen MR) is 76.8 cm³/mol. The fourth-order valence-corrected chi connectivity index (χ4v) is 1.61. The Morgan fingerprint density at radius 3 is 2.72 bits per heavy atom. The average molecular weight is 249 g/mol. The lowest BCUT2D eigenvalue weighted by molar-refractivity contribution is 0.0956. The zero-order valence-electron chi connectivity index (χ0n) is 11.4. The van der Waals surface area contributed by atoms with E-state index in [1.807, 2.05) is 6.92 Å². The molecule has 4 N–H and O–H groups in total. The summed E-state index contributed by atoms with van der Waals surface area (Å²) in [4.78, 5) is 11.7. The number of amides is 1. The van der Waals surface area contributed by atoms with Crippen molar-refractivity contribution < 1.29 is 4.79 Å². The molecule has 1 aromatic carbocycles. The lowest BCUT2D eigenvalue weighted by Crippen LogP contribution is -2.22. The molecule has 0 heterocycles. The lowest BCUT2D eigenvalue weighted by Gasteiger charge is -2.12. The molecule has 100 valence electrons. The van der Waals surface area contributed by atoms with E-state index in [4.69, 9.17) is 5.73 Å². The average Bonchev–Trinajstić information content (AvgIpc) is 2.31. The number of benzene rings is 1. The highest BCUT2D eigenvalue weighted by Gasteiger charge is 2.07. The van der Waals surface area contributed by atoms with Crippen molar-refractivity contribution in [1.29, 1.82) is 0 Å². The van der Waals surface area contributed by atoms with Crippen LogP contribution in [-0.2, 0) is 0 Å². The van der Waals surface area contributed by atoms with Gasteiger partial charge in [0, 0.05) is 18.7 Å². The second-order valence-electron chi connectivity index (χ2n) is 4.77. The molecule has 1 aromatic rings. The van der Waals surface area contributed by atoms with Crippen LogP contribution in [0.3, 0.4) is 0 Å². The standard InChI is InChI=1S/C14H23N3O/c1-4-16-14(18)11-5-6-12(15)13(9-11)17-8-7-10(2)3/h5-6,9-10,17H,4,7-8,15H2,1-3H3,(H,16,18). The van der Waals surface area contributed by atoms with Gasteiger partial charge in [-0.2, -0.15) is 0 Å². The largest absolute Gasteiger partial charge is 0.397 e. The monoisotopic (exact) mass is 249 g/mol. The molecule has 0 unspecified atom stereocenters. The van der Waals surface area contributed by atoms with E-state index in [0.717, 1.165) is 18.7 Å². The van der Waals surface area contributed by atoms with Crippen LogP contribution in [0.4, 0.5) is 11.4 Å². The zero-order chi connectivity index (χ0) is 13.5. The van der Waals surface area contributed by atoms with Crippen LogP contribution in [0.25, 0.3) is 0 Å². The van der Waals surface area contributed by atoms with E-state index in [9.17, 15) is 4.79 Å². The normalized spacial score (nSPS) is 10.4. The fraction of sp³-hybridized carbons (Fsp3) is 0.500. The minimum absolute atomic E-state index is 0.0654. The number of carbonyl (C=O) groups excluding carboxylic acids is 1. The second-order valence-corrected chi connectivity index (χ2v) is 4.77. The van der Waals surface area contributed by atoms with E-state index in [-0.39, 0.29) is 5.91 Å². The van der Waals surface area contributed by atoms with Crippen molar-refractivity contribution >= 4 is 17.3 Å². The Morgan fingerprint density at radius 1 is 1.39 bits per heavy atom. The number of nitrogens with two attached hydrogens (primary N) is 1. The van der Waals surface area contributed by atoms with Crippen LogP contribution in [0.1, 0.15) is 37.6 Å². The van der Waals surface area contributed by atoms with Crippen molar-refractivity contribution in [2.45, 2.75) is 27.2 Å². The van der Waals surface area contributed by atoms with Crippen LogP contribution >= 0.6 is 0 Å². The highest BCUT2D eigenvalue weighted by molar-refractivity contribution is 5.96. The second kappa shape index (κ2) is 6.89. The molecule has 0 aliphatic rings. The summed E-state index contributed by atoms with van der Waals surface area (Å²) in [6.07, 6.45) is 1.07. The summed E-state index contributed by atoms with van der Waals surface area (Å²) in [7, 11) is 0. The van der Waals surface area contributed by atoms with E-state index in [1.165, 1.54) is 0 Å². The Kier molecular flexibility index (Phi) is 5.49. The van der Waals surface area contributed by atoms with Crippen molar-refractivity contribution in [2.24, 2.45) is 5.92 Å². The van der Waals surface area contributed by atoms with Gasteiger partial charge in [-0.25, -0.2) is 0 Å². The number of rotatable bonds is 6. The summed E-state index contributed by atoms with van der Waals surface area (Å²) < 4.78 is 0. The molecule has 0 aliphatic carbocycles. The lowest BCUT2D eigenvalue weighted by atomic mass is 10.1. The maximum absolute atomic E-state index is 11.7. The van der Waals surface area contributed by atoms with E-state index in [1.54, 1.807) is 18.2 Å². The van der Waals surface area contributed by atoms with Crippen molar-refractivity contribution in [1.82, 2.24) is 5.32 Å². The van der Waals surface area contributed by atoms with Gasteiger partial charge in [-0.1, -0.05) is 13.8 Å². The van der Waals surface area contributed by atoms with Gasteiger partial charge >= 0.3 is 0 Å². The Labute approximate surface area is 109 Å². The van der Waals surface area contributed by atoms with Crippen LogP contribution in [0.15, 0.2) is 18.2 Å². The molecule has 0 spiro atoms. The summed E-state index contributed by atoms with van der Waals surface area (Å²) in [6, 6.07) is 5.32. The van der Waals surface area contributed by atoms with Crippen molar-refractivity contribution in [3.63, 3.8) is 0 Å². The van der Waals surface area contributed by atoms with Gasteiger partial charge in [0.15, 0.2) is 0 Å². The van der Waals surface area contributed by atoms with E-state index >= 15 is 0 Å². The molecule has 4 nitrogen and oxygen atoms in total. The van der Waals surface area contributed by atoms with Crippen molar-refractivity contribution in [3.8, 4) is 0 Å². The van der Waals surface area contributed by atoms with E-state index in [2.05, 4.69) is 24.5 Å². The molecule has 18 heavy (non-hydrogen) atoms. The third-order valence-electron chi connectivity index (χ3n) is 2.69. The van der Waals surface area contributed by atoms with Crippen LogP contribution in [0.2, 0.25) is 0 Å². The summed E-state index contributed by atoms with van der Waals surface area (Å²) >= 11 is 0. The maximum atomic E-state index is 11.7. The molecule has 0 bridgehead atoms. The zero-order valence-corrected chi connectivity index (χ0v) is 11.4. The number of hydrogen-bond donors (Lipinski definition) is 3. The van der Waals surface area contributed by atoms with Crippen LogP contribution < -0.4 is 16.4 Å². The van der Waals surface area contributed by atoms with Gasteiger partial charge in [0.2, 0.25) is 0 Å². The molecular formula is C14H23N3O. The highest BCUT2D eigenvalue weighted by Crippen LogP contribution is 2.20. The van der Waals surface area contributed by atoms with E-state index < -0.39 is 0 Å². The summed E-state index contributed by atoms with van der Waals surface area (Å²) in [5, 5.41) is 6.05. The van der Waals surface area contributed by atoms with Crippen molar-refractivity contribution in [3.05, 3.63) is 23.8 Å². The minimum atomic E-state index is -0.0654. The molecule has 1 rings (SSSR count). The molecule has 0 fully saturated rings. The Hall–Kier alpha value is -1.71. The fourth-order valence-electron chi connectivity index (χ4n) is 1.61. The van der Waals surface area contributed by atoms with Gasteiger partial charge in [0.25, 0.3) is 5.91 Å². The topological polar surface area (TPSA) is 67.2 Å². The third-order valence-corrected chi connectivity index (χ3v) is 2.69. The van der Waals surface area contributed by atoms with Gasteiger partial charge in [-0.3, -0.25) is 4.79 Å². The molecule has 0 radical (unpaired) electrons. The molecular weight excluding hydrogens is 226 g/mol. The molecule has 0 saturated heterocycles. The van der Waals surface area contributed by atoms with Crippen LogP contribution in [-0.4, -0.2) is 19.0 Å².